The van der Waals surface area contributed by atoms with Gasteiger partial charge in [-0.2, -0.15) is 0 Å². The Morgan fingerprint density at radius 2 is 0.763 bits per heavy atom. The highest BCUT2D eigenvalue weighted by Gasteiger charge is 2.07. The molecule has 0 heterocycles. The van der Waals surface area contributed by atoms with Crippen molar-refractivity contribution >= 4 is 0 Å². The first-order chi connectivity index (χ1) is 18.6. The zero-order valence-electron chi connectivity index (χ0n) is 22.3. The van der Waals surface area contributed by atoms with E-state index in [0.29, 0.717) is 26.1 Å². The lowest BCUT2D eigenvalue weighted by Crippen LogP contribution is -2.02. The van der Waals surface area contributed by atoms with Crippen molar-refractivity contribution in [1.29, 1.82) is 0 Å². The van der Waals surface area contributed by atoms with Gasteiger partial charge in [0.15, 0.2) is 0 Å². The minimum absolute atomic E-state index is 0.401. The topological polar surface area (TPSA) is 58.9 Å². The average molecular weight is 511 g/mol. The van der Waals surface area contributed by atoms with Gasteiger partial charge in [-0.05, 0) is 83.3 Å². The Bertz CT molecular complexity index is 1130. The van der Waals surface area contributed by atoms with E-state index in [1.807, 2.05) is 86.6 Å². The summed E-state index contributed by atoms with van der Waals surface area (Å²) < 4.78 is 11.8. The molecule has 0 aliphatic carbocycles. The molecule has 0 bridgehead atoms. The summed E-state index contributed by atoms with van der Waals surface area (Å²) in [7, 11) is 0. The van der Waals surface area contributed by atoms with Crippen molar-refractivity contribution in [3.8, 4) is 33.8 Å². The molecule has 0 saturated carbocycles. The van der Waals surface area contributed by atoms with Crippen LogP contribution in [0, 0.1) is 0 Å². The van der Waals surface area contributed by atoms with Gasteiger partial charge in [0, 0.05) is 0 Å². The number of rotatable bonds is 13. The van der Waals surface area contributed by atoms with E-state index in [4.69, 9.17) is 9.47 Å². The van der Waals surface area contributed by atoms with Gasteiger partial charge in [-0.25, -0.2) is 0 Å². The lowest BCUT2D eigenvalue weighted by Gasteiger charge is -2.11. The number of ether oxygens (including phenoxy) is 2. The van der Waals surface area contributed by atoms with Crippen LogP contribution in [0.1, 0.15) is 62.9 Å². The summed E-state index contributed by atoms with van der Waals surface area (Å²) in [6.07, 6.45) is 2.46. The fraction of sp³-hybridized carbons (Fsp3) is 0.294. The molecule has 4 heteroatoms. The smallest absolute Gasteiger partial charge is 0.119 e. The SMILES string of the molecule is CCC(O)c1ccc(-c2ccc(OCCCCOc3ccc(-c4ccc(C(O)CC)cc4)cc3)cc2)cc1. The molecule has 2 atom stereocenters. The maximum atomic E-state index is 9.97. The lowest BCUT2D eigenvalue weighted by molar-refractivity contribution is 0.173. The van der Waals surface area contributed by atoms with Gasteiger partial charge in [0.25, 0.3) is 0 Å². The maximum Gasteiger partial charge on any atom is 0.119 e. The van der Waals surface area contributed by atoms with Crippen LogP contribution in [0.5, 0.6) is 11.5 Å². The van der Waals surface area contributed by atoms with Crippen LogP contribution in [0.2, 0.25) is 0 Å². The Hall–Kier alpha value is -3.60. The third kappa shape index (κ3) is 7.47. The number of hydrogen-bond acceptors (Lipinski definition) is 4. The predicted molar refractivity (Wildman–Crippen MR) is 154 cm³/mol. The van der Waals surface area contributed by atoms with Crippen LogP contribution < -0.4 is 9.47 Å². The van der Waals surface area contributed by atoms with Crippen molar-refractivity contribution in [2.24, 2.45) is 0 Å². The van der Waals surface area contributed by atoms with Crippen molar-refractivity contribution in [3.05, 3.63) is 108 Å². The Labute approximate surface area is 226 Å². The number of benzene rings is 4. The molecule has 0 aromatic heterocycles. The molecule has 4 aromatic carbocycles. The molecular formula is C34H38O4. The van der Waals surface area contributed by atoms with Gasteiger partial charge >= 0.3 is 0 Å². The van der Waals surface area contributed by atoms with Gasteiger partial charge in [-0.3, -0.25) is 0 Å². The van der Waals surface area contributed by atoms with E-state index >= 15 is 0 Å². The van der Waals surface area contributed by atoms with E-state index in [2.05, 4.69) is 24.3 Å². The van der Waals surface area contributed by atoms with Crippen molar-refractivity contribution in [2.75, 3.05) is 13.2 Å². The molecule has 2 N–H and O–H groups in total. The first-order valence-electron chi connectivity index (χ1n) is 13.6. The molecule has 0 radical (unpaired) electrons. The van der Waals surface area contributed by atoms with E-state index in [0.717, 1.165) is 57.7 Å². The maximum absolute atomic E-state index is 9.97. The van der Waals surface area contributed by atoms with E-state index in [-0.39, 0.29) is 0 Å². The standard InChI is InChI=1S/C34H38O4/c1-3-33(35)29-11-7-25(8-12-29)27-15-19-31(20-16-27)37-23-5-6-24-38-32-21-17-28(18-22-32)26-9-13-30(14-10-26)34(36)4-2/h7-22,33-36H,3-6,23-24H2,1-2H3. The van der Waals surface area contributed by atoms with Crippen molar-refractivity contribution in [3.63, 3.8) is 0 Å². The molecule has 4 aromatic rings. The van der Waals surface area contributed by atoms with Crippen LogP contribution in [-0.2, 0) is 0 Å². The largest absolute Gasteiger partial charge is 0.494 e. The molecule has 0 fully saturated rings. The minimum atomic E-state index is -0.401. The molecule has 198 valence electrons. The summed E-state index contributed by atoms with van der Waals surface area (Å²) in [5, 5.41) is 19.9. The van der Waals surface area contributed by atoms with Crippen LogP contribution in [0.3, 0.4) is 0 Å². The molecule has 0 saturated heterocycles. The molecule has 38 heavy (non-hydrogen) atoms. The first-order valence-corrected chi connectivity index (χ1v) is 13.6. The second kappa shape index (κ2) is 13.8. The summed E-state index contributed by atoms with van der Waals surface area (Å²) in [4.78, 5) is 0. The Kier molecular flexibility index (Phi) is 9.97. The molecule has 2 unspecified atom stereocenters. The van der Waals surface area contributed by atoms with Gasteiger partial charge in [0.2, 0.25) is 0 Å². The van der Waals surface area contributed by atoms with Crippen LogP contribution in [0.15, 0.2) is 97.1 Å². The highest BCUT2D eigenvalue weighted by atomic mass is 16.5. The zero-order chi connectivity index (χ0) is 26.7. The molecule has 4 rings (SSSR count). The highest BCUT2D eigenvalue weighted by Crippen LogP contribution is 2.26. The highest BCUT2D eigenvalue weighted by molar-refractivity contribution is 5.65. The summed E-state index contributed by atoms with van der Waals surface area (Å²) in [5.41, 5.74) is 6.40. The second-order valence-electron chi connectivity index (χ2n) is 9.54. The monoisotopic (exact) mass is 510 g/mol. The third-order valence-corrected chi connectivity index (χ3v) is 6.82. The number of hydrogen-bond donors (Lipinski definition) is 2. The number of aliphatic hydroxyl groups is 2. The van der Waals surface area contributed by atoms with E-state index < -0.39 is 12.2 Å². The second-order valence-corrected chi connectivity index (χ2v) is 9.54. The van der Waals surface area contributed by atoms with E-state index in [1.165, 1.54) is 0 Å². The van der Waals surface area contributed by atoms with E-state index in [9.17, 15) is 10.2 Å². The summed E-state index contributed by atoms with van der Waals surface area (Å²) in [5.74, 6) is 1.72. The van der Waals surface area contributed by atoms with Crippen LogP contribution in [-0.4, -0.2) is 23.4 Å². The van der Waals surface area contributed by atoms with Gasteiger partial charge in [0.1, 0.15) is 11.5 Å². The average Bonchev–Trinajstić information content (AvgIpc) is 2.99. The third-order valence-electron chi connectivity index (χ3n) is 6.82. The molecule has 0 spiro atoms. The number of aliphatic hydroxyl groups excluding tert-OH is 2. The van der Waals surface area contributed by atoms with Crippen molar-refractivity contribution in [1.82, 2.24) is 0 Å². The normalized spacial score (nSPS) is 12.6. The van der Waals surface area contributed by atoms with Gasteiger partial charge in [-0.1, -0.05) is 86.6 Å². The Morgan fingerprint density at radius 1 is 0.474 bits per heavy atom. The molecule has 0 aliphatic heterocycles. The van der Waals surface area contributed by atoms with Crippen LogP contribution in [0.25, 0.3) is 22.3 Å². The Morgan fingerprint density at radius 3 is 1.05 bits per heavy atom. The summed E-state index contributed by atoms with van der Waals surface area (Å²) in [6, 6.07) is 32.4. The fourth-order valence-corrected chi connectivity index (χ4v) is 4.34. The Balaban J connectivity index is 1.16. The summed E-state index contributed by atoms with van der Waals surface area (Å²) in [6.45, 7) is 5.25. The van der Waals surface area contributed by atoms with Crippen molar-refractivity contribution < 1.29 is 19.7 Å². The molecule has 0 amide bonds. The van der Waals surface area contributed by atoms with Gasteiger partial charge < -0.3 is 19.7 Å². The predicted octanol–water partition coefficient (Wildman–Crippen LogP) is 8.15. The lowest BCUT2D eigenvalue weighted by atomic mass is 10.0. The number of unbranched alkanes of at least 4 members (excludes halogenated alkanes) is 1. The van der Waals surface area contributed by atoms with Crippen LogP contribution in [0.4, 0.5) is 0 Å². The first kappa shape index (κ1) is 27.4. The van der Waals surface area contributed by atoms with Gasteiger partial charge in [0.05, 0.1) is 25.4 Å². The quantitative estimate of drug-likeness (QED) is 0.178. The zero-order valence-corrected chi connectivity index (χ0v) is 22.3. The summed E-state index contributed by atoms with van der Waals surface area (Å²) >= 11 is 0. The van der Waals surface area contributed by atoms with Gasteiger partial charge in [-0.15, -0.1) is 0 Å². The fourth-order valence-electron chi connectivity index (χ4n) is 4.34. The van der Waals surface area contributed by atoms with Crippen molar-refractivity contribution in [2.45, 2.75) is 51.7 Å². The minimum Gasteiger partial charge on any atom is -0.494 e. The molecule has 0 aliphatic rings. The van der Waals surface area contributed by atoms with E-state index in [1.54, 1.807) is 0 Å². The molecule has 4 nitrogen and oxygen atoms in total. The molecular weight excluding hydrogens is 472 g/mol. The van der Waals surface area contributed by atoms with Crippen LogP contribution >= 0.6 is 0 Å².